The Hall–Kier alpha value is -2.71. The van der Waals surface area contributed by atoms with E-state index >= 15 is 0 Å². The van der Waals surface area contributed by atoms with Gasteiger partial charge in [0.15, 0.2) is 5.78 Å². The minimum absolute atomic E-state index is 0.00201. The summed E-state index contributed by atoms with van der Waals surface area (Å²) in [4.78, 5) is 42.8. The lowest BCUT2D eigenvalue weighted by molar-refractivity contribution is -0.134. The second kappa shape index (κ2) is 12.0. The standard InChI is InChI=1S/C25H32N2O5S/c1-18-4-10-24(33-18)22(29)8-5-20(28)6-11-25(30)27-14-12-26(13-15-27)17-19-16-21(31-2)7-9-23(19)32-3/h4,7,9-10,16H,5-6,8,11-15,17H2,1-3H3. The molecule has 0 bridgehead atoms. The maximum absolute atomic E-state index is 12.6. The van der Waals surface area contributed by atoms with E-state index in [4.69, 9.17) is 9.47 Å². The molecule has 33 heavy (non-hydrogen) atoms. The summed E-state index contributed by atoms with van der Waals surface area (Å²) in [5.74, 6) is 1.57. The predicted octanol–water partition coefficient (Wildman–Crippen LogP) is 3.73. The highest BCUT2D eigenvalue weighted by Crippen LogP contribution is 2.25. The number of amides is 1. The van der Waals surface area contributed by atoms with Crippen LogP contribution in [0.2, 0.25) is 0 Å². The molecule has 7 nitrogen and oxygen atoms in total. The highest BCUT2D eigenvalue weighted by atomic mass is 32.1. The van der Waals surface area contributed by atoms with E-state index < -0.39 is 0 Å². The highest BCUT2D eigenvalue weighted by Gasteiger charge is 2.22. The number of hydrogen-bond acceptors (Lipinski definition) is 7. The van der Waals surface area contributed by atoms with Crippen LogP contribution in [0.3, 0.4) is 0 Å². The van der Waals surface area contributed by atoms with Crippen molar-refractivity contribution in [2.75, 3.05) is 40.4 Å². The van der Waals surface area contributed by atoms with E-state index in [9.17, 15) is 14.4 Å². The average molecular weight is 473 g/mol. The lowest BCUT2D eigenvalue weighted by Crippen LogP contribution is -2.48. The first-order valence-corrected chi connectivity index (χ1v) is 12.0. The first-order chi connectivity index (χ1) is 15.9. The first-order valence-electron chi connectivity index (χ1n) is 11.2. The van der Waals surface area contributed by atoms with Gasteiger partial charge in [-0.15, -0.1) is 11.3 Å². The minimum Gasteiger partial charge on any atom is -0.497 e. The van der Waals surface area contributed by atoms with Gasteiger partial charge in [0.1, 0.15) is 17.3 Å². The number of carbonyl (C=O) groups excluding carboxylic acids is 3. The zero-order valence-electron chi connectivity index (χ0n) is 19.6. The van der Waals surface area contributed by atoms with Gasteiger partial charge in [0, 0.05) is 68.8 Å². The zero-order valence-corrected chi connectivity index (χ0v) is 20.4. The van der Waals surface area contributed by atoms with E-state index in [0.717, 1.165) is 41.6 Å². The van der Waals surface area contributed by atoms with Gasteiger partial charge in [-0.25, -0.2) is 0 Å². The summed E-state index contributed by atoms with van der Waals surface area (Å²) in [6.07, 6.45) is 0.796. The van der Waals surface area contributed by atoms with Crippen molar-refractivity contribution >= 4 is 28.8 Å². The van der Waals surface area contributed by atoms with E-state index in [1.807, 2.05) is 36.1 Å². The van der Waals surface area contributed by atoms with Crippen LogP contribution in [0.15, 0.2) is 30.3 Å². The largest absolute Gasteiger partial charge is 0.497 e. The van der Waals surface area contributed by atoms with Crippen molar-refractivity contribution in [2.24, 2.45) is 0 Å². The van der Waals surface area contributed by atoms with Crippen LogP contribution >= 0.6 is 11.3 Å². The van der Waals surface area contributed by atoms with Gasteiger partial charge < -0.3 is 14.4 Å². The maximum atomic E-state index is 12.6. The van der Waals surface area contributed by atoms with Crippen LogP contribution in [0.5, 0.6) is 11.5 Å². The molecular weight excluding hydrogens is 440 g/mol. The third kappa shape index (κ3) is 7.14. The number of carbonyl (C=O) groups is 3. The van der Waals surface area contributed by atoms with Crippen molar-refractivity contribution < 1.29 is 23.9 Å². The van der Waals surface area contributed by atoms with Crippen LogP contribution in [0.25, 0.3) is 0 Å². The molecule has 0 N–H and O–H groups in total. The molecule has 1 amide bonds. The molecule has 0 aliphatic carbocycles. The van der Waals surface area contributed by atoms with Crippen LogP contribution in [0, 0.1) is 6.92 Å². The van der Waals surface area contributed by atoms with E-state index in [1.165, 1.54) is 11.3 Å². The number of Topliss-reactive ketones (excluding diaryl/α,β-unsaturated/α-hetero) is 2. The molecule has 178 valence electrons. The van der Waals surface area contributed by atoms with Gasteiger partial charge >= 0.3 is 0 Å². The smallest absolute Gasteiger partial charge is 0.223 e. The molecule has 1 saturated heterocycles. The molecule has 1 aromatic carbocycles. The second-order valence-electron chi connectivity index (χ2n) is 8.21. The van der Waals surface area contributed by atoms with Crippen molar-refractivity contribution in [3.8, 4) is 11.5 Å². The van der Waals surface area contributed by atoms with Crippen LogP contribution in [-0.2, 0) is 16.1 Å². The normalized spacial score (nSPS) is 14.2. The fourth-order valence-electron chi connectivity index (χ4n) is 3.89. The van der Waals surface area contributed by atoms with Gasteiger partial charge in [-0.3, -0.25) is 19.3 Å². The predicted molar refractivity (Wildman–Crippen MR) is 128 cm³/mol. The summed E-state index contributed by atoms with van der Waals surface area (Å²) >= 11 is 1.45. The van der Waals surface area contributed by atoms with Gasteiger partial charge in [0.25, 0.3) is 0 Å². The fraction of sp³-hybridized carbons (Fsp3) is 0.480. The summed E-state index contributed by atoms with van der Waals surface area (Å²) < 4.78 is 10.8. The third-order valence-corrected chi connectivity index (χ3v) is 6.91. The molecule has 0 spiro atoms. The van der Waals surface area contributed by atoms with Gasteiger partial charge in [0.05, 0.1) is 19.1 Å². The highest BCUT2D eigenvalue weighted by molar-refractivity contribution is 7.14. The quantitative estimate of drug-likeness (QED) is 0.464. The molecule has 0 atom stereocenters. The molecule has 0 unspecified atom stereocenters. The lowest BCUT2D eigenvalue weighted by Gasteiger charge is -2.35. The summed E-state index contributed by atoms with van der Waals surface area (Å²) in [6.45, 7) is 5.46. The summed E-state index contributed by atoms with van der Waals surface area (Å²) in [6, 6.07) is 9.47. The van der Waals surface area contributed by atoms with Crippen molar-refractivity contribution in [2.45, 2.75) is 39.2 Å². The van der Waals surface area contributed by atoms with Crippen LogP contribution in [-0.4, -0.2) is 67.7 Å². The number of thiophene rings is 1. The molecule has 1 aliphatic heterocycles. The second-order valence-corrected chi connectivity index (χ2v) is 9.49. The third-order valence-electron chi connectivity index (χ3n) is 5.87. The van der Waals surface area contributed by atoms with Gasteiger partial charge in [-0.1, -0.05) is 0 Å². The Morgan fingerprint density at radius 1 is 0.909 bits per heavy atom. The Labute approximate surface area is 199 Å². The van der Waals surface area contributed by atoms with E-state index in [-0.39, 0.29) is 43.2 Å². The Balaban J connectivity index is 1.39. The van der Waals surface area contributed by atoms with E-state index in [0.29, 0.717) is 18.0 Å². The summed E-state index contributed by atoms with van der Waals surface area (Å²) in [5.41, 5.74) is 1.05. The van der Waals surface area contributed by atoms with Crippen LogP contribution < -0.4 is 9.47 Å². The molecule has 1 aromatic heterocycles. The van der Waals surface area contributed by atoms with Gasteiger partial charge in [-0.05, 0) is 37.3 Å². The topological polar surface area (TPSA) is 76.2 Å². The molecule has 1 aliphatic rings. The average Bonchev–Trinajstić information content (AvgIpc) is 3.27. The number of ketones is 2. The molecule has 3 rings (SSSR count). The van der Waals surface area contributed by atoms with Gasteiger partial charge in [0.2, 0.25) is 5.91 Å². The summed E-state index contributed by atoms with van der Waals surface area (Å²) in [7, 11) is 3.30. The minimum atomic E-state index is -0.0336. The summed E-state index contributed by atoms with van der Waals surface area (Å²) in [5, 5.41) is 0. The lowest BCUT2D eigenvalue weighted by atomic mass is 10.1. The molecule has 2 heterocycles. The number of ether oxygens (including phenoxy) is 2. The number of methoxy groups -OCH3 is 2. The number of nitrogens with zero attached hydrogens (tertiary/aromatic N) is 2. The Kier molecular flexibility index (Phi) is 9.03. The Morgan fingerprint density at radius 2 is 1.64 bits per heavy atom. The fourth-order valence-corrected chi connectivity index (χ4v) is 4.73. The van der Waals surface area contributed by atoms with Crippen molar-refractivity contribution in [1.29, 1.82) is 0 Å². The number of benzene rings is 1. The number of hydrogen-bond donors (Lipinski definition) is 0. The Morgan fingerprint density at radius 3 is 2.27 bits per heavy atom. The zero-order chi connectivity index (χ0) is 23.8. The van der Waals surface area contributed by atoms with E-state index in [1.54, 1.807) is 20.3 Å². The number of aryl methyl sites for hydroxylation is 1. The maximum Gasteiger partial charge on any atom is 0.223 e. The van der Waals surface area contributed by atoms with Crippen molar-refractivity contribution in [3.05, 3.63) is 45.6 Å². The van der Waals surface area contributed by atoms with E-state index in [2.05, 4.69) is 4.90 Å². The SMILES string of the molecule is COc1ccc(OC)c(CN2CCN(C(=O)CCC(=O)CCC(=O)c3ccc(C)s3)CC2)c1. The molecule has 0 radical (unpaired) electrons. The van der Waals surface area contributed by atoms with Crippen molar-refractivity contribution in [1.82, 2.24) is 9.80 Å². The van der Waals surface area contributed by atoms with Gasteiger partial charge in [-0.2, -0.15) is 0 Å². The monoisotopic (exact) mass is 472 g/mol. The van der Waals surface area contributed by atoms with Crippen LogP contribution in [0.1, 0.15) is 45.8 Å². The Bertz CT molecular complexity index is 979. The first kappa shape index (κ1) is 24.9. The van der Waals surface area contributed by atoms with Crippen molar-refractivity contribution in [3.63, 3.8) is 0 Å². The molecule has 1 fully saturated rings. The molecule has 2 aromatic rings. The molecular formula is C25H32N2O5S. The molecule has 8 heteroatoms. The number of piperazine rings is 1. The molecule has 0 saturated carbocycles. The van der Waals surface area contributed by atoms with Crippen LogP contribution in [0.4, 0.5) is 0 Å². The number of rotatable bonds is 11.